The highest BCUT2D eigenvalue weighted by molar-refractivity contribution is 6.09. The molecule has 8 rings (SSSR count). The fraction of sp³-hybridized carbons (Fsp3) is 0.122. The van der Waals surface area contributed by atoms with E-state index in [4.69, 9.17) is 9.47 Å². The number of hydrogen-bond acceptors (Lipinski definition) is 8. The number of nitrogens with zero attached hydrogens (tertiary/aromatic N) is 7. The van der Waals surface area contributed by atoms with E-state index in [-0.39, 0.29) is 5.92 Å². The van der Waals surface area contributed by atoms with Gasteiger partial charge in [0, 0.05) is 52.3 Å². The molecule has 0 spiro atoms. The van der Waals surface area contributed by atoms with Crippen molar-refractivity contribution in [3.8, 4) is 51.5 Å². The maximum atomic E-state index is 6.43. The molecule has 4 aromatic carbocycles. The molecule has 9 heteroatoms. The molecule has 8 aromatic rings. The Labute approximate surface area is 289 Å². The minimum Gasteiger partial charge on any atom is -0.457 e. The molecule has 0 radical (unpaired) electrons. The largest absolute Gasteiger partial charge is 0.457 e. The van der Waals surface area contributed by atoms with Crippen molar-refractivity contribution >= 4 is 21.8 Å². The smallest absolute Gasteiger partial charge is 0.273 e. The third-order valence-electron chi connectivity index (χ3n) is 8.47. The van der Waals surface area contributed by atoms with E-state index in [1.165, 1.54) is 0 Å². The first kappa shape index (κ1) is 30.8. The monoisotopic (exact) mass is 655 g/mol. The third kappa shape index (κ3) is 6.12. The summed E-state index contributed by atoms with van der Waals surface area (Å²) in [6.07, 6.45) is 3.64. The topological polar surface area (TPSA) is 101 Å². The molecule has 0 amide bonds. The lowest BCUT2D eigenvalue weighted by Gasteiger charge is -2.10. The Morgan fingerprint density at radius 3 is 1.46 bits per heavy atom. The van der Waals surface area contributed by atoms with Gasteiger partial charge in [0.25, 0.3) is 5.95 Å². The van der Waals surface area contributed by atoms with Gasteiger partial charge in [-0.05, 0) is 97.8 Å². The molecule has 0 saturated carbocycles. The fourth-order valence-electron chi connectivity index (χ4n) is 5.97. The van der Waals surface area contributed by atoms with Crippen molar-refractivity contribution < 1.29 is 9.47 Å². The van der Waals surface area contributed by atoms with Crippen LogP contribution in [0.5, 0.6) is 23.0 Å². The van der Waals surface area contributed by atoms with E-state index >= 15 is 0 Å². The molecule has 0 bridgehead atoms. The van der Waals surface area contributed by atoms with Crippen LogP contribution in [0.4, 0.5) is 0 Å². The lowest BCUT2D eigenvalue weighted by atomic mass is 10.1. The van der Waals surface area contributed by atoms with Crippen molar-refractivity contribution in [3.05, 3.63) is 139 Å². The van der Waals surface area contributed by atoms with Crippen LogP contribution in [-0.4, -0.2) is 34.9 Å². The van der Waals surface area contributed by atoms with E-state index in [2.05, 4.69) is 68.5 Å². The van der Waals surface area contributed by atoms with E-state index in [0.29, 0.717) is 34.8 Å². The van der Waals surface area contributed by atoms with E-state index < -0.39 is 0 Å². The summed E-state index contributed by atoms with van der Waals surface area (Å²) >= 11 is 0. The van der Waals surface area contributed by atoms with Gasteiger partial charge in [-0.25, -0.2) is 0 Å². The predicted octanol–water partition coefficient (Wildman–Crippen LogP) is 9.81. The number of hydrogen-bond donors (Lipinski definition) is 0. The summed E-state index contributed by atoms with van der Waals surface area (Å²) < 4.78 is 14.8. The molecule has 0 aliphatic rings. The molecule has 50 heavy (non-hydrogen) atoms. The number of benzene rings is 4. The zero-order chi connectivity index (χ0) is 34.2. The van der Waals surface area contributed by atoms with Gasteiger partial charge in [-0.2, -0.15) is 0 Å². The Kier molecular flexibility index (Phi) is 7.92. The summed E-state index contributed by atoms with van der Waals surface area (Å²) in [5, 5.41) is 19.8. The van der Waals surface area contributed by atoms with Crippen LogP contribution in [0.3, 0.4) is 0 Å². The van der Waals surface area contributed by atoms with Crippen molar-refractivity contribution in [2.45, 2.75) is 33.6 Å². The van der Waals surface area contributed by atoms with Gasteiger partial charge in [0.05, 0.1) is 22.4 Å². The lowest BCUT2D eigenvalue weighted by molar-refractivity contribution is 0.483. The van der Waals surface area contributed by atoms with Crippen LogP contribution in [0.25, 0.3) is 50.3 Å². The Bertz CT molecular complexity index is 2360. The molecule has 4 heterocycles. The first-order chi connectivity index (χ1) is 24.4. The highest BCUT2D eigenvalue weighted by Crippen LogP contribution is 2.38. The van der Waals surface area contributed by atoms with Crippen LogP contribution < -0.4 is 9.47 Å². The summed E-state index contributed by atoms with van der Waals surface area (Å²) in [5.74, 6) is 3.75. The van der Waals surface area contributed by atoms with Crippen molar-refractivity contribution in [1.82, 2.24) is 34.9 Å². The van der Waals surface area contributed by atoms with Crippen LogP contribution >= 0.6 is 0 Å². The minimum absolute atomic E-state index is 0.0961. The highest BCUT2D eigenvalue weighted by Gasteiger charge is 2.18. The summed E-state index contributed by atoms with van der Waals surface area (Å²) in [5.41, 5.74) is 7.73. The molecule has 9 nitrogen and oxygen atoms in total. The average Bonchev–Trinajstić information content (AvgIpc) is 3.44. The standard InChI is InChI=1S/C41H33N7O2/c1-25(2)40-44-46-41(47-45-40)48-38-23-32(49-30-9-5-7-28(21-30)36-19-26(3)15-17-42-36)11-13-34(38)35-14-12-33(24-39(35)48)50-31-10-6-8-29(22-31)37-20-27(4)16-18-43-37/h5-25H,1-4H3. The Morgan fingerprint density at radius 1 is 0.520 bits per heavy atom. The first-order valence-electron chi connectivity index (χ1n) is 16.5. The maximum Gasteiger partial charge on any atom is 0.273 e. The molecular weight excluding hydrogens is 622 g/mol. The maximum absolute atomic E-state index is 6.43. The van der Waals surface area contributed by atoms with E-state index in [1.807, 2.05) is 116 Å². The molecule has 4 aromatic heterocycles. The van der Waals surface area contributed by atoms with Crippen molar-refractivity contribution in [2.24, 2.45) is 0 Å². The molecule has 244 valence electrons. The van der Waals surface area contributed by atoms with Gasteiger partial charge in [-0.15, -0.1) is 20.4 Å². The number of aromatic nitrogens is 7. The summed E-state index contributed by atoms with van der Waals surface area (Å²) in [6.45, 7) is 8.14. The van der Waals surface area contributed by atoms with Crippen LogP contribution in [0.15, 0.2) is 122 Å². The predicted molar refractivity (Wildman–Crippen MR) is 195 cm³/mol. The number of rotatable bonds is 8. The van der Waals surface area contributed by atoms with Gasteiger partial charge in [-0.1, -0.05) is 38.1 Å². The summed E-state index contributed by atoms with van der Waals surface area (Å²) in [7, 11) is 0. The van der Waals surface area contributed by atoms with E-state index in [9.17, 15) is 0 Å². The minimum atomic E-state index is 0.0961. The van der Waals surface area contributed by atoms with Crippen molar-refractivity contribution in [2.75, 3.05) is 0 Å². The Morgan fingerprint density at radius 2 is 1.00 bits per heavy atom. The van der Waals surface area contributed by atoms with Crippen LogP contribution in [0.1, 0.15) is 36.7 Å². The molecule has 0 aliphatic carbocycles. The van der Waals surface area contributed by atoms with Gasteiger partial charge in [-0.3, -0.25) is 14.5 Å². The van der Waals surface area contributed by atoms with Crippen molar-refractivity contribution in [1.29, 1.82) is 0 Å². The van der Waals surface area contributed by atoms with Gasteiger partial charge in [0.15, 0.2) is 5.82 Å². The normalized spacial score (nSPS) is 11.4. The van der Waals surface area contributed by atoms with Gasteiger partial charge in [0.2, 0.25) is 0 Å². The van der Waals surface area contributed by atoms with Gasteiger partial charge < -0.3 is 9.47 Å². The number of ether oxygens (including phenoxy) is 2. The average molecular weight is 656 g/mol. The summed E-state index contributed by atoms with van der Waals surface area (Å²) in [6, 6.07) is 36.0. The van der Waals surface area contributed by atoms with E-state index in [1.54, 1.807) is 0 Å². The molecule has 0 fully saturated rings. The second kappa shape index (κ2) is 12.9. The quantitative estimate of drug-likeness (QED) is 0.159. The zero-order valence-corrected chi connectivity index (χ0v) is 28.1. The van der Waals surface area contributed by atoms with Crippen LogP contribution in [-0.2, 0) is 0 Å². The van der Waals surface area contributed by atoms with Crippen molar-refractivity contribution in [3.63, 3.8) is 0 Å². The molecule has 0 saturated heterocycles. The van der Waals surface area contributed by atoms with Crippen LogP contribution in [0, 0.1) is 13.8 Å². The summed E-state index contributed by atoms with van der Waals surface area (Å²) in [4.78, 5) is 9.08. The van der Waals surface area contributed by atoms with Crippen LogP contribution in [0.2, 0.25) is 0 Å². The number of fused-ring (bicyclic) bond motifs is 3. The van der Waals surface area contributed by atoms with E-state index in [0.717, 1.165) is 55.4 Å². The molecular formula is C41H33N7O2. The van der Waals surface area contributed by atoms with Gasteiger partial charge in [0.1, 0.15) is 23.0 Å². The molecule has 0 aliphatic heterocycles. The second-order valence-electron chi connectivity index (χ2n) is 12.6. The molecule has 0 N–H and O–H groups in total. The second-order valence-corrected chi connectivity index (χ2v) is 12.6. The zero-order valence-electron chi connectivity index (χ0n) is 28.1. The number of aryl methyl sites for hydroxylation is 2. The Hall–Kier alpha value is -6.48. The SMILES string of the molecule is Cc1ccnc(-c2cccc(Oc3ccc4c5ccc(Oc6cccc(-c7cc(C)ccn7)c6)cc5n(-c5nnc(C(C)C)nn5)c4c3)c2)c1. The lowest BCUT2D eigenvalue weighted by Crippen LogP contribution is -2.09. The number of pyridine rings is 2. The Balaban J connectivity index is 1.20. The van der Waals surface area contributed by atoms with Gasteiger partial charge >= 0.3 is 0 Å². The first-order valence-corrected chi connectivity index (χ1v) is 16.5. The molecule has 0 atom stereocenters. The highest BCUT2D eigenvalue weighted by atomic mass is 16.5. The fourth-order valence-corrected chi connectivity index (χ4v) is 5.97. The third-order valence-corrected chi connectivity index (χ3v) is 8.47. The molecule has 0 unspecified atom stereocenters.